The van der Waals surface area contributed by atoms with Crippen LogP contribution in [0.4, 0.5) is 0 Å². The zero-order valence-corrected chi connectivity index (χ0v) is 33.2. The van der Waals surface area contributed by atoms with E-state index in [9.17, 15) is 0 Å². The molecular weight excluding hydrogens is 569 g/mol. The summed E-state index contributed by atoms with van der Waals surface area (Å²) in [5.41, 5.74) is 0. The molecule has 0 fully saturated rings. The molecule has 1 rings (SSSR count). The van der Waals surface area contributed by atoms with Crippen molar-refractivity contribution in [1.29, 1.82) is 0 Å². The first-order valence-electron chi connectivity index (χ1n) is 22.3. The fourth-order valence-electron chi connectivity index (χ4n) is 7.77. The van der Waals surface area contributed by atoms with Crippen LogP contribution in [-0.4, -0.2) is 9.55 Å². The Bertz CT molecular complexity index is 723. The Morgan fingerprint density at radius 2 is 0.681 bits per heavy atom. The molecule has 0 radical (unpaired) electrons. The van der Waals surface area contributed by atoms with Gasteiger partial charge in [0, 0.05) is 24.4 Å². The standard InChI is InChI=1S/C45H88N2/c1-5-8-11-14-16-18-20-22-23-25-27-29-31-34-37-40-44(39-36-32-13-10-7-3)45-46-41-42-47(45)43(4)38-35-33-30-28-26-24-21-19-17-15-12-9-6-2/h41-44H,5-40H2,1-4H3. The minimum absolute atomic E-state index is 0.587. The molecule has 0 aliphatic heterocycles. The molecule has 0 spiro atoms. The van der Waals surface area contributed by atoms with Crippen LogP contribution in [-0.2, 0) is 0 Å². The number of nitrogens with zero attached hydrogens (tertiary/aromatic N) is 2. The lowest BCUT2D eigenvalue weighted by Gasteiger charge is -2.22. The first-order chi connectivity index (χ1) is 23.2. The van der Waals surface area contributed by atoms with Crippen LogP contribution in [0.1, 0.15) is 277 Å². The molecule has 0 bridgehead atoms. The third-order valence-electron chi connectivity index (χ3n) is 11.1. The van der Waals surface area contributed by atoms with E-state index in [1.165, 1.54) is 237 Å². The van der Waals surface area contributed by atoms with Gasteiger partial charge in [-0.2, -0.15) is 0 Å². The van der Waals surface area contributed by atoms with Crippen LogP contribution in [0.5, 0.6) is 0 Å². The van der Waals surface area contributed by atoms with Crippen molar-refractivity contribution in [1.82, 2.24) is 9.55 Å². The number of unbranched alkanes of at least 4 members (excludes halogenated alkanes) is 30. The average Bonchev–Trinajstić information content (AvgIpc) is 3.57. The molecule has 47 heavy (non-hydrogen) atoms. The van der Waals surface area contributed by atoms with Gasteiger partial charge in [0.1, 0.15) is 5.82 Å². The van der Waals surface area contributed by atoms with Gasteiger partial charge in [-0.15, -0.1) is 0 Å². The van der Waals surface area contributed by atoms with Crippen LogP contribution in [0.15, 0.2) is 12.4 Å². The SMILES string of the molecule is CCCCCCCCCCCCCCCCCC(CCCCCCC)c1nccn1C(C)CCCCCCCCCCCCCCC. The lowest BCUT2D eigenvalue weighted by molar-refractivity contribution is 0.412. The first-order valence-corrected chi connectivity index (χ1v) is 22.3. The molecule has 2 unspecified atom stereocenters. The lowest BCUT2D eigenvalue weighted by atomic mass is 9.93. The van der Waals surface area contributed by atoms with Crippen molar-refractivity contribution in [3.05, 3.63) is 18.2 Å². The second kappa shape index (κ2) is 35.1. The smallest absolute Gasteiger partial charge is 0.111 e. The third kappa shape index (κ3) is 26.7. The maximum Gasteiger partial charge on any atom is 0.111 e. The second-order valence-corrected chi connectivity index (χ2v) is 15.7. The minimum atomic E-state index is 0.587. The summed E-state index contributed by atoms with van der Waals surface area (Å²) >= 11 is 0. The van der Waals surface area contributed by atoms with Crippen molar-refractivity contribution in [2.75, 3.05) is 0 Å². The molecule has 0 aliphatic rings. The molecule has 0 N–H and O–H groups in total. The summed E-state index contributed by atoms with van der Waals surface area (Å²) in [6, 6.07) is 0.587. The van der Waals surface area contributed by atoms with Crippen LogP contribution < -0.4 is 0 Å². The summed E-state index contributed by atoms with van der Waals surface area (Å²) in [6.07, 6.45) is 55.7. The molecule has 2 heteroatoms. The highest BCUT2D eigenvalue weighted by Gasteiger charge is 2.19. The number of rotatable bonds is 38. The molecule has 0 saturated heterocycles. The maximum atomic E-state index is 5.02. The molecule has 2 nitrogen and oxygen atoms in total. The predicted octanol–water partition coefficient (Wildman–Crippen LogP) is 16.6. The normalized spacial score (nSPS) is 13.0. The van der Waals surface area contributed by atoms with E-state index in [0.29, 0.717) is 12.0 Å². The van der Waals surface area contributed by atoms with Gasteiger partial charge in [-0.3, -0.25) is 0 Å². The molecule has 1 aromatic heterocycles. The Hall–Kier alpha value is -0.790. The molecular formula is C45H88N2. The predicted molar refractivity (Wildman–Crippen MR) is 213 cm³/mol. The van der Waals surface area contributed by atoms with Crippen molar-refractivity contribution in [2.45, 2.75) is 271 Å². The molecule has 1 aromatic rings. The summed E-state index contributed by atoms with van der Waals surface area (Å²) in [5.74, 6) is 2.07. The van der Waals surface area contributed by atoms with E-state index >= 15 is 0 Å². The van der Waals surface area contributed by atoms with E-state index in [-0.39, 0.29) is 0 Å². The van der Waals surface area contributed by atoms with Gasteiger partial charge in [0.05, 0.1) is 0 Å². The Balaban J connectivity index is 2.26. The van der Waals surface area contributed by atoms with Crippen molar-refractivity contribution in [3.8, 4) is 0 Å². The molecule has 2 atom stereocenters. The van der Waals surface area contributed by atoms with Gasteiger partial charge in [0.2, 0.25) is 0 Å². The van der Waals surface area contributed by atoms with E-state index in [4.69, 9.17) is 4.98 Å². The highest BCUT2D eigenvalue weighted by Crippen LogP contribution is 2.31. The third-order valence-corrected chi connectivity index (χ3v) is 11.1. The van der Waals surface area contributed by atoms with E-state index in [1.807, 2.05) is 0 Å². The molecule has 0 aliphatic carbocycles. The van der Waals surface area contributed by atoms with Gasteiger partial charge in [-0.25, -0.2) is 4.98 Å². The average molecular weight is 657 g/mol. The lowest BCUT2D eigenvalue weighted by Crippen LogP contribution is -2.13. The number of hydrogen-bond donors (Lipinski definition) is 0. The van der Waals surface area contributed by atoms with Gasteiger partial charge in [0.25, 0.3) is 0 Å². The summed E-state index contributed by atoms with van der Waals surface area (Å²) in [7, 11) is 0. The molecule has 1 heterocycles. The van der Waals surface area contributed by atoms with Crippen LogP contribution >= 0.6 is 0 Å². The summed E-state index contributed by atoms with van der Waals surface area (Å²) in [6.45, 7) is 9.41. The van der Waals surface area contributed by atoms with E-state index in [2.05, 4.69) is 44.7 Å². The molecule has 0 saturated carbocycles. The summed E-state index contributed by atoms with van der Waals surface area (Å²) < 4.78 is 2.59. The highest BCUT2D eigenvalue weighted by molar-refractivity contribution is 5.02. The molecule has 278 valence electrons. The largest absolute Gasteiger partial charge is 0.332 e. The number of hydrogen-bond acceptors (Lipinski definition) is 1. The second-order valence-electron chi connectivity index (χ2n) is 15.7. The van der Waals surface area contributed by atoms with Crippen LogP contribution in [0.3, 0.4) is 0 Å². The molecule has 0 aromatic carbocycles. The van der Waals surface area contributed by atoms with Crippen molar-refractivity contribution < 1.29 is 0 Å². The van der Waals surface area contributed by atoms with E-state index < -0.39 is 0 Å². The topological polar surface area (TPSA) is 17.8 Å². The minimum Gasteiger partial charge on any atom is -0.332 e. The van der Waals surface area contributed by atoms with Crippen LogP contribution in [0, 0.1) is 0 Å². The Morgan fingerprint density at radius 1 is 0.404 bits per heavy atom. The quantitative estimate of drug-likeness (QED) is 0.0648. The zero-order chi connectivity index (χ0) is 33.9. The Kier molecular flexibility index (Phi) is 33.0. The Labute approximate surface area is 297 Å². The first kappa shape index (κ1) is 44.2. The highest BCUT2D eigenvalue weighted by atomic mass is 15.1. The molecule has 0 amide bonds. The van der Waals surface area contributed by atoms with Gasteiger partial charge < -0.3 is 4.57 Å². The van der Waals surface area contributed by atoms with Gasteiger partial charge >= 0.3 is 0 Å². The van der Waals surface area contributed by atoms with Crippen LogP contribution in [0.25, 0.3) is 0 Å². The fraction of sp³-hybridized carbons (Fsp3) is 0.933. The van der Waals surface area contributed by atoms with E-state index in [1.54, 1.807) is 0 Å². The van der Waals surface area contributed by atoms with Gasteiger partial charge in [-0.05, 0) is 26.2 Å². The number of aromatic nitrogens is 2. The maximum absolute atomic E-state index is 5.02. The van der Waals surface area contributed by atoms with Crippen molar-refractivity contribution >= 4 is 0 Å². The van der Waals surface area contributed by atoms with E-state index in [0.717, 1.165) is 0 Å². The van der Waals surface area contributed by atoms with Crippen LogP contribution in [0.2, 0.25) is 0 Å². The summed E-state index contributed by atoms with van der Waals surface area (Å²) in [5, 5.41) is 0. The number of imidazole rings is 1. The fourth-order valence-corrected chi connectivity index (χ4v) is 7.77. The van der Waals surface area contributed by atoms with Gasteiger partial charge in [0.15, 0.2) is 0 Å². The van der Waals surface area contributed by atoms with Gasteiger partial charge in [-0.1, -0.05) is 233 Å². The van der Waals surface area contributed by atoms with Crippen molar-refractivity contribution in [3.63, 3.8) is 0 Å². The monoisotopic (exact) mass is 657 g/mol. The Morgan fingerprint density at radius 3 is 1.00 bits per heavy atom. The zero-order valence-electron chi connectivity index (χ0n) is 33.2. The van der Waals surface area contributed by atoms with Crippen molar-refractivity contribution in [2.24, 2.45) is 0 Å². The summed E-state index contributed by atoms with van der Waals surface area (Å²) in [4.78, 5) is 5.02.